The first kappa shape index (κ1) is 18.6. The van der Waals surface area contributed by atoms with Gasteiger partial charge in [0.2, 0.25) is 0 Å². The molecule has 1 saturated heterocycles. The minimum Gasteiger partial charge on any atom is -0.393 e. The Bertz CT molecular complexity index is 777. The van der Waals surface area contributed by atoms with Gasteiger partial charge < -0.3 is 19.9 Å². The summed E-state index contributed by atoms with van der Waals surface area (Å²) in [5, 5.41) is 14.0. The van der Waals surface area contributed by atoms with E-state index in [1.165, 1.54) is 11.8 Å². The molecule has 3 heterocycles. The lowest BCUT2D eigenvalue weighted by Gasteiger charge is -2.27. The molecule has 2 aromatic heterocycles. The Hall–Kier alpha value is -1.74. The second-order valence-electron chi connectivity index (χ2n) is 6.82. The standard InChI is InChI=1S/C19H24N4O3S/c1-27-19-21-11-15(17(23-19)22-13-2-4-14(24)5-3-13)16-10-12(6-7-20-16)18-25-8-9-26-18/h6-7,10-11,13-14,18,24H,2-5,8-9H2,1H3,(H,21,22,23)/t13-,14-. The number of aliphatic hydroxyl groups is 1. The number of hydrogen-bond donors (Lipinski definition) is 2. The molecule has 2 aromatic rings. The Balaban J connectivity index is 1.62. The van der Waals surface area contributed by atoms with E-state index in [9.17, 15) is 5.11 Å². The molecule has 2 aliphatic rings. The number of nitrogens with one attached hydrogen (secondary N) is 1. The molecule has 0 atom stereocenters. The van der Waals surface area contributed by atoms with E-state index < -0.39 is 0 Å². The Morgan fingerprint density at radius 3 is 2.67 bits per heavy atom. The highest BCUT2D eigenvalue weighted by molar-refractivity contribution is 7.98. The average molecular weight is 388 g/mol. The van der Waals surface area contributed by atoms with Crippen LogP contribution < -0.4 is 5.32 Å². The summed E-state index contributed by atoms with van der Waals surface area (Å²) >= 11 is 1.51. The first-order chi connectivity index (χ1) is 13.2. The first-order valence-electron chi connectivity index (χ1n) is 9.28. The van der Waals surface area contributed by atoms with E-state index in [1.54, 1.807) is 6.20 Å². The predicted molar refractivity (Wildman–Crippen MR) is 104 cm³/mol. The van der Waals surface area contributed by atoms with Gasteiger partial charge in [0.15, 0.2) is 11.4 Å². The van der Waals surface area contributed by atoms with Crippen LogP contribution in [-0.4, -0.2) is 51.7 Å². The van der Waals surface area contributed by atoms with E-state index in [1.807, 2.05) is 24.6 Å². The lowest BCUT2D eigenvalue weighted by molar-refractivity contribution is -0.0441. The van der Waals surface area contributed by atoms with Gasteiger partial charge in [-0.05, 0) is 44.1 Å². The van der Waals surface area contributed by atoms with E-state index >= 15 is 0 Å². The first-order valence-corrected chi connectivity index (χ1v) is 10.5. The van der Waals surface area contributed by atoms with Gasteiger partial charge in [0.05, 0.1) is 30.6 Å². The van der Waals surface area contributed by atoms with Gasteiger partial charge in [-0.15, -0.1) is 0 Å². The highest BCUT2D eigenvalue weighted by Gasteiger charge is 2.23. The van der Waals surface area contributed by atoms with Crippen LogP contribution in [0.4, 0.5) is 5.82 Å². The van der Waals surface area contributed by atoms with E-state index in [4.69, 9.17) is 9.47 Å². The van der Waals surface area contributed by atoms with Crippen molar-refractivity contribution in [3.8, 4) is 11.3 Å². The quantitative estimate of drug-likeness (QED) is 0.597. The van der Waals surface area contributed by atoms with Gasteiger partial charge in [-0.2, -0.15) is 0 Å². The van der Waals surface area contributed by atoms with E-state index in [-0.39, 0.29) is 12.4 Å². The second kappa shape index (κ2) is 8.52. The maximum atomic E-state index is 9.75. The molecule has 0 aromatic carbocycles. The van der Waals surface area contributed by atoms with Crippen LogP contribution in [0.25, 0.3) is 11.3 Å². The fourth-order valence-corrected chi connectivity index (χ4v) is 3.81. The Morgan fingerprint density at radius 1 is 1.15 bits per heavy atom. The van der Waals surface area contributed by atoms with Crippen molar-refractivity contribution in [3.05, 3.63) is 30.1 Å². The number of thioether (sulfide) groups is 1. The monoisotopic (exact) mass is 388 g/mol. The number of aromatic nitrogens is 3. The third-order valence-electron chi connectivity index (χ3n) is 4.94. The smallest absolute Gasteiger partial charge is 0.189 e. The molecule has 7 nitrogen and oxygen atoms in total. The van der Waals surface area contributed by atoms with Crippen LogP contribution in [0.15, 0.2) is 29.7 Å². The maximum absolute atomic E-state index is 9.75. The summed E-state index contributed by atoms with van der Waals surface area (Å²) in [5.41, 5.74) is 2.59. The summed E-state index contributed by atoms with van der Waals surface area (Å²) < 4.78 is 11.2. The molecule has 1 aliphatic carbocycles. The molecule has 0 radical (unpaired) electrons. The van der Waals surface area contributed by atoms with Crippen molar-refractivity contribution in [3.63, 3.8) is 0 Å². The molecule has 0 amide bonds. The van der Waals surface area contributed by atoms with Gasteiger partial charge in [-0.1, -0.05) is 11.8 Å². The fourth-order valence-electron chi connectivity index (χ4n) is 3.47. The van der Waals surface area contributed by atoms with Crippen LogP contribution in [-0.2, 0) is 9.47 Å². The highest BCUT2D eigenvalue weighted by atomic mass is 32.2. The summed E-state index contributed by atoms with van der Waals surface area (Å²) in [5.74, 6) is 0.786. The predicted octanol–water partition coefficient (Wildman–Crippen LogP) is 3.02. The zero-order valence-corrected chi connectivity index (χ0v) is 16.1. The third kappa shape index (κ3) is 4.40. The van der Waals surface area contributed by atoms with Crippen molar-refractivity contribution >= 4 is 17.6 Å². The number of anilines is 1. The Morgan fingerprint density at radius 2 is 1.93 bits per heavy atom. The topological polar surface area (TPSA) is 89.4 Å². The lowest BCUT2D eigenvalue weighted by Crippen LogP contribution is -2.28. The van der Waals surface area contributed by atoms with Crippen molar-refractivity contribution in [1.29, 1.82) is 0 Å². The summed E-state index contributed by atoms with van der Waals surface area (Å²) in [6.45, 7) is 1.21. The zero-order valence-electron chi connectivity index (χ0n) is 15.3. The molecule has 2 fully saturated rings. The van der Waals surface area contributed by atoms with Crippen LogP contribution in [0.2, 0.25) is 0 Å². The van der Waals surface area contributed by atoms with Gasteiger partial charge in [0.25, 0.3) is 0 Å². The Labute approximate surface area is 162 Å². The van der Waals surface area contributed by atoms with Gasteiger partial charge in [-0.25, -0.2) is 9.97 Å². The SMILES string of the molecule is CSc1ncc(-c2cc(C3OCCO3)ccn2)c(N[C@H]2CC[C@H](O)CC2)n1. The Kier molecular flexibility index (Phi) is 5.87. The normalized spacial score (nSPS) is 23.5. The molecule has 0 unspecified atom stereocenters. The van der Waals surface area contributed by atoms with E-state index in [0.29, 0.717) is 19.3 Å². The summed E-state index contributed by atoms with van der Waals surface area (Å²) in [6, 6.07) is 4.18. The van der Waals surface area contributed by atoms with Crippen LogP contribution in [0.5, 0.6) is 0 Å². The third-order valence-corrected chi connectivity index (χ3v) is 5.50. The molecule has 27 heavy (non-hydrogen) atoms. The fraction of sp³-hybridized carbons (Fsp3) is 0.526. The van der Waals surface area contributed by atoms with Crippen LogP contribution in [0, 0.1) is 0 Å². The minimum absolute atomic E-state index is 0.181. The molecule has 0 spiro atoms. The molecule has 8 heteroatoms. The molecule has 2 N–H and O–H groups in total. The number of nitrogens with zero attached hydrogens (tertiary/aromatic N) is 3. The minimum atomic E-state index is -0.339. The van der Waals surface area contributed by atoms with Crippen molar-refractivity contribution in [2.24, 2.45) is 0 Å². The van der Waals surface area contributed by atoms with Gasteiger partial charge in [0, 0.05) is 24.0 Å². The molecule has 144 valence electrons. The van der Waals surface area contributed by atoms with Crippen LogP contribution in [0.1, 0.15) is 37.5 Å². The maximum Gasteiger partial charge on any atom is 0.189 e. The van der Waals surface area contributed by atoms with Gasteiger partial charge in [0.1, 0.15) is 5.82 Å². The highest BCUT2D eigenvalue weighted by Crippen LogP contribution is 2.31. The molecular formula is C19H24N4O3S. The molecule has 0 bridgehead atoms. The summed E-state index contributed by atoms with van der Waals surface area (Å²) in [4.78, 5) is 13.6. The number of hydrogen-bond acceptors (Lipinski definition) is 8. The number of aliphatic hydroxyl groups excluding tert-OH is 1. The van der Waals surface area contributed by atoms with Crippen molar-refractivity contribution < 1.29 is 14.6 Å². The van der Waals surface area contributed by atoms with E-state index in [0.717, 1.165) is 53.5 Å². The van der Waals surface area contributed by atoms with Gasteiger partial charge >= 0.3 is 0 Å². The van der Waals surface area contributed by atoms with E-state index in [2.05, 4.69) is 20.3 Å². The molecular weight excluding hydrogens is 364 g/mol. The summed E-state index contributed by atoms with van der Waals surface area (Å²) in [6.07, 6.45) is 8.51. The molecule has 1 saturated carbocycles. The average Bonchev–Trinajstić information content (AvgIpc) is 3.25. The number of rotatable bonds is 5. The number of pyridine rings is 1. The largest absolute Gasteiger partial charge is 0.393 e. The van der Waals surface area contributed by atoms with Crippen LogP contribution in [0.3, 0.4) is 0 Å². The van der Waals surface area contributed by atoms with Gasteiger partial charge in [-0.3, -0.25) is 4.98 Å². The number of ether oxygens (including phenoxy) is 2. The van der Waals surface area contributed by atoms with Crippen molar-refractivity contribution in [2.75, 3.05) is 24.8 Å². The zero-order chi connectivity index (χ0) is 18.6. The van der Waals surface area contributed by atoms with Crippen LogP contribution >= 0.6 is 11.8 Å². The molecule has 4 rings (SSSR count). The summed E-state index contributed by atoms with van der Waals surface area (Å²) in [7, 11) is 0. The van der Waals surface area contributed by atoms with Crippen molar-refractivity contribution in [1.82, 2.24) is 15.0 Å². The lowest BCUT2D eigenvalue weighted by atomic mass is 9.93. The molecule has 1 aliphatic heterocycles. The second-order valence-corrected chi connectivity index (χ2v) is 7.59. The van der Waals surface area contributed by atoms with Crippen molar-refractivity contribution in [2.45, 2.75) is 49.3 Å².